The standard InChI is InChI=1S/C16H21BrFN3O2.ClH/c1-16(9-19)5-7-21(10-16)14(22)4-6-20-15(23)12-8-11(18)2-3-13(12)17;/h2-3,8H,4-7,9-10,19H2,1H3,(H,20,23);1H. The van der Waals surface area contributed by atoms with Gasteiger partial charge in [-0.25, -0.2) is 4.39 Å². The molecule has 1 unspecified atom stereocenters. The van der Waals surface area contributed by atoms with Gasteiger partial charge in [0.25, 0.3) is 5.91 Å². The number of benzene rings is 1. The van der Waals surface area contributed by atoms with E-state index in [9.17, 15) is 14.0 Å². The van der Waals surface area contributed by atoms with E-state index in [0.717, 1.165) is 12.5 Å². The third-order valence-electron chi connectivity index (χ3n) is 4.20. The van der Waals surface area contributed by atoms with Gasteiger partial charge in [0.05, 0.1) is 5.56 Å². The average Bonchev–Trinajstić information content (AvgIpc) is 2.93. The molecule has 1 saturated heterocycles. The van der Waals surface area contributed by atoms with Crippen molar-refractivity contribution in [3.05, 3.63) is 34.1 Å². The molecular formula is C16H22BrClFN3O2. The number of nitrogens with one attached hydrogen (secondary N) is 1. The molecule has 1 aliphatic heterocycles. The third kappa shape index (κ3) is 5.16. The Balaban J connectivity index is 0.00000288. The zero-order valence-corrected chi connectivity index (χ0v) is 15.9. The minimum atomic E-state index is -0.479. The molecule has 1 aliphatic rings. The van der Waals surface area contributed by atoms with Crippen molar-refractivity contribution in [2.45, 2.75) is 19.8 Å². The summed E-state index contributed by atoms with van der Waals surface area (Å²) in [5.74, 6) is -0.884. The molecular weight excluding hydrogens is 401 g/mol. The predicted octanol–water partition coefficient (Wildman–Crippen LogP) is 2.33. The lowest BCUT2D eigenvalue weighted by Crippen LogP contribution is -2.36. The fourth-order valence-corrected chi connectivity index (χ4v) is 3.04. The molecule has 3 N–H and O–H groups in total. The van der Waals surface area contributed by atoms with Crippen LogP contribution in [0.25, 0.3) is 0 Å². The number of hydrogen-bond donors (Lipinski definition) is 2. The number of likely N-dealkylation sites (tertiary alicyclic amines) is 1. The molecule has 0 radical (unpaired) electrons. The van der Waals surface area contributed by atoms with Crippen LogP contribution in [0.4, 0.5) is 4.39 Å². The van der Waals surface area contributed by atoms with Gasteiger partial charge in [-0.15, -0.1) is 12.4 Å². The van der Waals surface area contributed by atoms with Gasteiger partial charge >= 0.3 is 0 Å². The van der Waals surface area contributed by atoms with Gasteiger partial charge < -0.3 is 16.0 Å². The maximum atomic E-state index is 13.2. The van der Waals surface area contributed by atoms with Crippen molar-refractivity contribution >= 4 is 40.2 Å². The highest BCUT2D eigenvalue weighted by molar-refractivity contribution is 9.10. The summed E-state index contributed by atoms with van der Waals surface area (Å²) in [7, 11) is 0. The normalized spacial score (nSPS) is 19.8. The number of carbonyl (C=O) groups is 2. The van der Waals surface area contributed by atoms with E-state index >= 15 is 0 Å². The Labute approximate surface area is 155 Å². The van der Waals surface area contributed by atoms with Gasteiger partial charge in [0.15, 0.2) is 0 Å². The van der Waals surface area contributed by atoms with E-state index < -0.39 is 11.7 Å². The van der Waals surface area contributed by atoms with Crippen LogP contribution in [0.1, 0.15) is 30.1 Å². The van der Waals surface area contributed by atoms with Gasteiger partial charge in [-0.3, -0.25) is 9.59 Å². The smallest absolute Gasteiger partial charge is 0.252 e. The van der Waals surface area contributed by atoms with Gasteiger partial charge in [0.1, 0.15) is 5.82 Å². The zero-order valence-electron chi connectivity index (χ0n) is 13.5. The fourth-order valence-electron chi connectivity index (χ4n) is 2.61. The largest absolute Gasteiger partial charge is 0.351 e. The molecule has 0 aromatic heterocycles. The second kappa shape index (κ2) is 8.78. The van der Waals surface area contributed by atoms with Crippen molar-refractivity contribution in [3.8, 4) is 0 Å². The Hall–Kier alpha value is -1.18. The molecule has 5 nitrogen and oxygen atoms in total. The van der Waals surface area contributed by atoms with Gasteiger partial charge in [0.2, 0.25) is 5.91 Å². The molecule has 0 aliphatic carbocycles. The Morgan fingerprint density at radius 2 is 2.17 bits per heavy atom. The van der Waals surface area contributed by atoms with E-state index in [-0.39, 0.29) is 42.3 Å². The number of halogens is 3. The van der Waals surface area contributed by atoms with Gasteiger partial charge in [-0.1, -0.05) is 6.92 Å². The predicted molar refractivity (Wildman–Crippen MR) is 96.7 cm³/mol. The second-order valence-electron chi connectivity index (χ2n) is 6.21. The number of amides is 2. The van der Waals surface area contributed by atoms with Crippen LogP contribution in [0.15, 0.2) is 22.7 Å². The molecule has 0 saturated carbocycles. The highest BCUT2D eigenvalue weighted by atomic mass is 79.9. The van der Waals surface area contributed by atoms with Gasteiger partial charge in [-0.2, -0.15) is 0 Å². The second-order valence-corrected chi connectivity index (χ2v) is 7.06. The first-order chi connectivity index (χ1) is 10.8. The summed E-state index contributed by atoms with van der Waals surface area (Å²) < 4.78 is 13.7. The molecule has 2 rings (SSSR count). The lowest BCUT2D eigenvalue weighted by atomic mass is 9.90. The first-order valence-electron chi connectivity index (χ1n) is 7.56. The monoisotopic (exact) mass is 421 g/mol. The van der Waals surface area contributed by atoms with Gasteiger partial charge in [-0.05, 0) is 52.5 Å². The van der Waals surface area contributed by atoms with Crippen molar-refractivity contribution in [2.24, 2.45) is 11.1 Å². The molecule has 1 fully saturated rings. The van der Waals surface area contributed by atoms with Crippen LogP contribution in [0, 0.1) is 11.2 Å². The van der Waals surface area contributed by atoms with Crippen LogP contribution in [0.3, 0.4) is 0 Å². The van der Waals surface area contributed by atoms with Crippen molar-refractivity contribution < 1.29 is 14.0 Å². The van der Waals surface area contributed by atoms with Crippen molar-refractivity contribution in [2.75, 3.05) is 26.2 Å². The molecule has 8 heteroatoms. The third-order valence-corrected chi connectivity index (χ3v) is 4.89. The fraction of sp³-hybridized carbons (Fsp3) is 0.500. The summed E-state index contributed by atoms with van der Waals surface area (Å²) in [5.41, 5.74) is 5.94. The van der Waals surface area contributed by atoms with E-state index in [4.69, 9.17) is 5.73 Å². The lowest BCUT2D eigenvalue weighted by molar-refractivity contribution is -0.130. The molecule has 24 heavy (non-hydrogen) atoms. The molecule has 1 atom stereocenters. The molecule has 0 spiro atoms. The number of carbonyl (C=O) groups excluding carboxylic acids is 2. The topological polar surface area (TPSA) is 75.4 Å². The van der Waals surface area contributed by atoms with Crippen LogP contribution in [-0.4, -0.2) is 42.9 Å². The maximum absolute atomic E-state index is 13.2. The minimum absolute atomic E-state index is 0. The molecule has 1 aromatic rings. The number of rotatable bonds is 5. The van der Waals surface area contributed by atoms with E-state index in [1.54, 1.807) is 4.90 Å². The molecule has 2 amide bonds. The summed E-state index contributed by atoms with van der Waals surface area (Å²) in [6.45, 7) is 4.21. The molecule has 0 bridgehead atoms. The molecule has 1 heterocycles. The van der Waals surface area contributed by atoms with Crippen molar-refractivity contribution in [1.29, 1.82) is 0 Å². The highest BCUT2D eigenvalue weighted by Gasteiger charge is 2.34. The SMILES string of the molecule is CC1(CN)CCN(C(=O)CCNC(=O)c2cc(F)ccc2Br)C1.Cl. The summed E-state index contributed by atoms with van der Waals surface area (Å²) in [6.07, 6.45) is 1.12. The first kappa shape index (κ1) is 20.9. The number of nitrogens with two attached hydrogens (primary N) is 1. The maximum Gasteiger partial charge on any atom is 0.252 e. The van der Waals surface area contributed by atoms with Crippen LogP contribution in [-0.2, 0) is 4.79 Å². The summed E-state index contributed by atoms with van der Waals surface area (Å²) >= 11 is 3.21. The Bertz CT molecular complexity index is 617. The first-order valence-corrected chi connectivity index (χ1v) is 8.35. The van der Waals surface area contributed by atoms with E-state index in [0.29, 0.717) is 24.1 Å². The quantitative estimate of drug-likeness (QED) is 0.765. The highest BCUT2D eigenvalue weighted by Crippen LogP contribution is 2.28. The van der Waals surface area contributed by atoms with Crippen LogP contribution < -0.4 is 11.1 Å². The Kier molecular flexibility index (Phi) is 7.63. The Morgan fingerprint density at radius 3 is 2.79 bits per heavy atom. The van der Waals surface area contributed by atoms with Crippen molar-refractivity contribution in [3.63, 3.8) is 0 Å². The minimum Gasteiger partial charge on any atom is -0.351 e. The van der Waals surface area contributed by atoms with E-state index in [1.165, 1.54) is 12.1 Å². The zero-order chi connectivity index (χ0) is 17.0. The lowest BCUT2D eigenvalue weighted by Gasteiger charge is -2.22. The molecule has 134 valence electrons. The van der Waals surface area contributed by atoms with E-state index in [1.807, 2.05) is 0 Å². The van der Waals surface area contributed by atoms with E-state index in [2.05, 4.69) is 28.2 Å². The van der Waals surface area contributed by atoms with Gasteiger partial charge in [0, 0.05) is 30.5 Å². The van der Waals surface area contributed by atoms with Crippen molar-refractivity contribution in [1.82, 2.24) is 10.2 Å². The van der Waals surface area contributed by atoms with Crippen LogP contribution in [0.5, 0.6) is 0 Å². The molecule has 1 aromatic carbocycles. The number of hydrogen-bond acceptors (Lipinski definition) is 3. The summed E-state index contributed by atoms with van der Waals surface area (Å²) in [5, 5.41) is 2.65. The summed E-state index contributed by atoms with van der Waals surface area (Å²) in [6, 6.07) is 3.91. The van der Waals surface area contributed by atoms with Crippen LogP contribution >= 0.6 is 28.3 Å². The summed E-state index contributed by atoms with van der Waals surface area (Å²) in [4.78, 5) is 26.0. The van der Waals surface area contributed by atoms with Crippen LogP contribution in [0.2, 0.25) is 0 Å². The average molecular weight is 423 g/mol. The Morgan fingerprint density at radius 1 is 1.46 bits per heavy atom. The number of nitrogens with zero attached hydrogens (tertiary/aromatic N) is 1.